The van der Waals surface area contributed by atoms with Crippen molar-refractivity contribution < 1.29 is 0 Å². The number of anilines is 3. The van der Waals surface area contributed by atoms with Gasteiger partial charge in [0, 0.05) is 21.9 Å². The van der Waals surface area contributed by atoms with E-state index < -0.39 is 0 Å². The Hall–Kier alpha value is -6.96. The summed E-state index contributed by atoms with van der Waals surface area (Å²) in [5.74, 6) is 0. The molecule has 0 N–H and O–H groups in total. The summed E-state index contributed by atoms with van der Waals surface area (Å²) in [6.07, 6.45) is 0. The molecule has 0 aliphatic heterocycles. The first-order valence-electron chi connectivity index (χ1n) is 19.6. The van der Waals surface area contributed by atoms with Crippen LogP contribution in [0, 0.1) is 0 Å². The highest BCUT2D eigenvalue weighted by molar-refractivity contribution is 6.11. The molecular formula is C55H39N. The van der Waals surface area contributed by atoms with Crippen molar-refractivity contribution in [3.8, 4) is 33.4 Å². The lowest BCUT2D eigenvalue weighted by molar-refractivity contribution is 0.647. The average Bonchev–Trinajstić information content (AvgIpc) is 3.25. The monoisotopic (exact) mass is 713 g/mol. The van der Waals surface area contributed by atoms with Crippen molar-refractivity contribution in [2.75, 3.05) is 4.90 Å². The zero-order valence-electron chi connectivity index (χ0n) is 31.5. The van der Waals surface area contributed by atoms with Gasteiger partial charge in [0.05, 0.1) is 11.4 Å². The highest BCUT2D eigenvalue weighted by Gasteiger charge is 2.36. The number of hydrogen-bond donors (Lipinski definition) is 0. The van der Waals surface area contributed by atoms with Crippen molar-refractivity contribution in [3.63, 3.8) is 0 Å². The van der Waals surface area contributed by atoms with Crippen molar-refractivity contribution >= 4 is 60.2 Å². The third-order valence-corrected chi connectivity index (χ3v) is 12.2. The summed E-state index contributed by atoms with van der Waals surface area (Å²) in [5, 5.41) is 10.1. The highest BCUT2D eigenvalue weighted by atomic mass is 15.1. The van der Waals surface area contributed by atoms with Gasteiger partial charge in [0.25, 0.3) is 0 Å². The fourth-order valence-corrected chi connectivity index (χ4v) is 9.59. The van der Waals surface area contributed by atoms with Crippen LogP contribution in [0.5, 0.6) is 0 Å². The van der Waals surface area contributed by atoms with E-state index >= 15 is 0 Å². The van der Waals surface area contributed by atoms with Crippen LogP contribution in [0.1, 0.15) is 25.0 Å². The molecule has 10 aromatic carbocycles. The molecule has 0 atom stereocenters. The van der Waals surface area contributed by atoms with Crippen LogP contribution >= 0.6 is 0 Å². The first-order valence-corrected chi connectivity index (χ1v) is 19.6. The molecule has 1 aliphatic carbocycles. The van der Waals surface area contributed by atoms with Gasteiger partial charge in [-0.15, -0.1) is 0 Å². The van der Waals surface area contributed by atoms with Gasteiger partial charge in [-0.25, -0.2) is 0 Å². The Morgan fingerprint density at radius 2 is 0.911 bits per heavy atom. The topological polar surface area (TPSA) is 3.24 Å². The SMILES string of the molecule is CC1(C)c2c(-c3ccc4ccccc4c3)cccc2-c2c(-c3ccc(N(c4cccc5ccccc45)c4cccc5ccccc45)cc3)ccc3cccc1c23. The molecule has 0 saturated carbocycles. The first-order chi connectivity index (χ1) is 27.5. The molecule has 11 rings (SSSR count). The summed E-state index contributed by atoms with van der Waals surface area (Å²) in [6.45, 7) is 4.81. The Balaban J connectivity index is 1.11. The predicted octanol–water partition coefficient (Wildman–Crippen LogP) is 15.4. The predicted molar refractivity (Wildman–Crippen MR) is 240 cm³/mol. The average molecular weight is 714 g/mol. The van der Waals surface area contributed by atoms with Gasteiger partial charge in [-0.05, 0) is 107 Å². The Bertz CT molecular complexity index is 3080. The smallest absolute Gasteiger partial charge is 0.0540 e. The van der Waals surface area contributed by atoms with Crippen LogP contribution in [0.3, 0.4) is 0 Å². The largest absolute Gasteiger partial charge is 0.309 e. The molecule has 0 unspecified atom stereocenters. The maximum Gasteiger partial charge on any atom is 0.0540 e. The summed E-state index contributed by atoms with van der Waals surface area (Å²) in [4.78, 5) is 2.44. The third kappa shape index (κ3) is 4.94. The number of benzene rings is 10. The number of nitrogens with zero attached hydrogens (tertiary/aromatic N) is 1. The molecule has 0 fully saturated rings. The molecule has 0 heterocycles. The maximum atomic E-state index is 2.44. The second-order valence-corrected chi connectivity index (χ2v) is 15.7. The molecule has 0 amide bonds. The minimum atomic E-state index is -0.204. The van der Waals surface area contributed by atoms with Crippen LogP contribution in [0.4, 0.5) is 17.1 Å². The first kappa shape index (κ1) is 32.5. The lowest BCUT2D eigenvalue weighted by atomic mass is 9.65. The molecule has 56 heavy (non-hydrogen) atoms. The maximum absolute atomic E-state index is 2.44. The van der Waals surface area contributed by atoms with Crippen LogP contribution in [-0.4, -0.2) is 0 Å². The second kappa shape index (κ2) is 12.5. The summed E-state index contributed by atoms with van der Waals surface area (Å²) in [6, 6.07) is 73.9. The lowest BCUT2D eigenvalue weighted by Crippen LogP contribution is -2.25. The number of hydrogen-bond acceptors (Lipinski definition) is 1. The van der Waals surface area contributed by atoms with E-state index in [1.54, 1.807) is 0 Å². The van der Waals surface area contributed by atoms with Gasteiger partial charge in [0.1, 0.15) is 0 Å². The minimum Gasteiger partial charge on any atom is -0.309 e. The molecule has 0 radical (unpaired) electrons. The van der Waals surface area contributed by atoms with Crippen LogP contribution in [-0.2, 0) is 5.41 Å². The second-order valence-electron chi connectivity index (χ2n) is 15.7. The zero-order chi connectivity index (χ0) is 37.4. The Kier molecular flexibility index (Phi) is 7.28. The summed E-state index contributed by atoms with van der Waals surface area (Å²) in [5.41, 5.74) is 13.7. The standard InChI is InChI=1S/C55H39N/c1-55(2)49-24-9-19-40-31-34-46(53(52(40)49)48-23-12-22-47(54(48)55)42-28-27-36-13-3-4-16-41(36)35-42)39-29-32-43(33-30-39)56(50-25-10-17-37-14-5-7-20-44(37)50)51-26-11-18-38-15-6-8-21-45(38)51/h3-35H,1-2H3. The van der Waals surface area contributed by atoms with Crippen LogP contribution in [0.25, 0.3) is 76.5 Å². The Morgan fingerprint density at radius 1 is 0.375 bits per heavy atom. The highest BCUT2D eigenvalue weighted by Crippen LogP contribution is 2.54. The van der Waals surface area contributed by atoms with Crippen LogP contribution in [0.15, 0.2) is 200 Å². The third-order valence-electron chi connectivity index (χ3n) is 12.2. The Labute approximate surface area is 327 Å². The van der Waals surface area contributed by atoms with Gasteiger partial charge in [-0.1, -0.05) is 184 Å². The van der Waals surface area contributed by atoms with E-state index in [1.165, 1.54) is 87.6 Å². The van der Waals surface area contributed by atoms with Gasteiger partial charge in [-0.3, -0.25) is 0 Å². The molecule has 1 heteroatoms. The van der Waals surface area contributed by atoms with E-state index in [9.17, 15) is 0 Å². The molecule has 0 spiro atoms. The number of rotatable bonds is 5. The molecular weight excluding hydrogens is 675 g/mol. The van der Waals surface area contributed by atoms with Gasteiger partial charge >= 0.3 is 0 Å². The van der Waals surface area contributed by atoms with E-state index in [2.05, 4.69) is 219 Å². The molecule has 1 nitrogen and oxygen atoms in total. The minimum absolute atomic E-state index is 0.204. The van der Waals surface area contributed by atoms with Crippen molar-refractivity contribution in [2.24, 2.45) is 0 Å². The van der Waals surface area contributed by atoms with Crippen molar-refractivity contribution in [1.29, 1.82) is 0 Å². The van der Waals surface area contributed by atoms with E-state index in [4.69, 9.17) is 0 Å². The van der Waals surface area contributed by atoms with Crippen LogP contribution < -0.4 is 4.90 Å². The van der Waals surface area contributed by atoms with E-state index in [-0.39, 0.29) is 5.41 Å². The van der Waals surface area contributed by atoms with E-state index in [0.29, 0.717) is 0 Å². The number of fused-ring (bicyclic) bond motifs is 5. The van der Waals surface area contributed by atoms with Gasteiger partial charge < -0.3 is 4.90 Å². The fraction of sp³-hybridized carbons (Fsp3) is 0.0545. The van der Waals surface area contributed by atoms with Gasteiger partial charge in [-0.2, -0.15) is 0 Å². The summed E-state index contributed by atoms with van der Waals surface area (Å²) in [7, 11) is 0. The lowest BCUT2D eigenvalue weighted by Gasteiger charge is -2.38. The zero-order valence-corrected chi connectivity index (χ0v) is 31.5. The van der Waals surface area contributed by atoms with Gasteiger partial charge in [0.2, 0.25) is 0 Å². The summed E-state index contributed by atoms with van der Waals surface area (Å²) < 4.78 is 0. The molecule has 0 aromatic heterocycles. The van der Waals surface area contributed by atoms with Crippen molar-refractivity contribution in [2.45, 2.75) is 19.3 Å². The van der Waals surface area contributed by atoms with Crippen LogP contribution in [0.2, 0.25) is 0 Å². The van der Waals surface area contributed by atoms with E-state index in [0.717, 1.165) is 17.1 Å². The molecule has 1 aliphatic rings. The van der Waals surface area contributed by atoms with Gasteiger partial charge in [0.15, 0.2) is 0 Å². The van der Waals surface area contributed by atoms with Crippen molar-refractivity contribution in [1.82, 2.24) is 0 Å². The molecule has 0 bridgehead atoms. The summed E-state index contributed by atoms with van der Waals surface area (Å²) >= 11 is 0. The Morgan fingerprint density at radius 3 is 1.62 bits per heavy atom. The quantitative estimate of drug-likeness (QED) is 0.172. The normalized spacial score (nSPS) is 13.0. The molecule has 0 saturated heterocycles. The molecule has 10 aromatic rings. The fourth-order valence-electron chi connectivity index (χ4n) is 9.59. The van der Waals surface area contributed by atoms with E-state index in [1.807, 2.05) is 0 Å². The van der Waals surface area contributed by atoms with Crippen molar-refractivity contribution in [3.05, 3.63) is 211 Å². The molecule has 264 valence electrons.